The molecule has 0 radical (unpaired) electrons. The van der Waals surface area contributed by atoms with Crippen molar-refractivity contribution in [2.75, 3.05) is 13.1 Å². The van der Waals surface area contributed by atoms with Gasteiger partial charge in [-0.2, -0.15) is 4.98 Å². The molecule has 35 heavy (non-hydrogen) atoms. The summed E-state index contributed by atoms with van der Waals surface area (Å²) in [4.78, 5) is 40.4. The van der Waals surface area contributed by atoms with Crippen LogP contribution in [0.3, 0.4) is 0 Å². The fourth-order valence-corrected chi connectivity index (χ4v) is 4.46. The standard InChI is InChI=1S/C26H32FN5O2S/c1-3-5-11-31(12-6-4-2)24(33)17-32-16-22(13-21-14-28-19-29-15-21)25(34)30-26(32)35-18-20-7-9-23(27)10-8-20/h7-10,14-16,19H,3-6,11-13,17-18H2,1-2H3. The van der Waals surface area contributed by atoms with Crippen molar-refractivity contribution in [2.45, 2.75) is 63.4 Å². The fourth-order valence-electron chi connectivity index (χ4n) is 3.55. The van der Waals surface area contributed by atoms with E-state index in [0.29, 0.717) is 22.9 Å². The van der Waals surface area contributed by atoms with Crippen LogP contribution in [0, 0.1) is 5.82 Å². The van der Waals surface area contributed by atoms with Gasteiger partial charge < -0.3 is 9.47 Å². The highest BCUT2D eigenvalue weighted by Gasteiger charge is 2.17. The minimum Gasteiger partial charge on any atom is -0.341 e. The predicted molar refractivity (Wildman–Crippen MR) is 136 cm³/mol. The largest absolute Gasteiger partial charge is 0.341 e. The Morgan fingerprint density at radius 1 is 1.03 bits per heavy atom. The van der Waals surface area contributed by atoms with Gasteiger partial charge in [0, 0.05) is 49.4 Å². The number of aromatic nitrogens is 4. The van der Waals surface area contributed by atoms with Crippen LogP contribution < -0.4 is 5.56 Å². The normalized spacial score (nSPS) is 10.9. The molecule has 2 heterocycles. The Morgan fingerprint density at radius 3 is 2.31 bits per heavy atom. The second kappa shape index (κ2) is 13.7. The van der Waals surface area contributed by atoms with Gasteiger partial charge in [-0.1, -0.05) is 50.6 Å². The van der Waals surface area contributed by atoms with Crippen LogP contribution >= 0.6 is 11.8 Å². The molecule has 2 aromatic heterocycles. The number of nitrogens with zero attached hydrogens (tertiary/aromatic N) is 5. The number of amides is 1. The molecule has 0 aliphatic rings. The number of unbranched alkanes of at least 4 members (excludes halogenated alkanes) is 2. The summed E-state index contributed by atoms with van der Waals surface area (Å²) in [5.74, 6) is 0.213. The highest BCUT2D eigenvalue weighted by atomic mass is 32.2. The van der Waals surface area contributed by atoms with E-state index in [4.69, 9.17) is 0 Å². The van der Waals surface area contributed by atoms with E-state index in [1.54, 1.807) is 35.3 Å². The van der Waals surface area contributed by atoms with Crippen molar-refractivity contribution in [1.29, 1.82) is 0 Å². The molecule has 0 atom stereocenters. The number of hydrogen-bond acceptors (Lipinski definition) is 6. The fraction of sp³-hybridized carbons (Fsp3) is 0.423. The number of benzene rings is 1. The lowest BCUT2D eigenvalue weighted by molar-refractivity contribution is -0.132. The van der Waals surface area contributed by atoms with Gasteiger partial charge in [0.1, 0.15) is 18.7 Å². The quantitative estimate of drug-likeness (QED) is 0.256. The first-order valence-corrected chi connectivity index (χ1v) is 13.0. The second-order valence-corrected chi connectivity index (χ2v) is 9.35. The molecule has 0 fully saturated rings. The summed E-state index contributed by atoms with van der Waals surface area (Å²) in [5.41, 5.74) is 1.84. The molecular formula is C26H32FN5O2S. The van der Waals surface area contributed by atoms with Gasteiger partial charge >= 0.3 is 0 Å². The summed E-state index contributed by atoms with van der Waals surface area (Å²) >= 11 is 1.36. The molecule has 0 N–H and O–H groups in total. The van der Waals surface area contributed by atoms with Crippen molar-refractivity contribution in [3.63, 3.8) is 0 Å². The van der Waals surface area contributed by atoms with Crippen LogP contribution in [0.1, 0.15) is 56.2 Å². The van der Waals surface area contributed by atoms with Crippen LogP contribution in [0.25, 0.3) is 0 Å². The van der Waals surface area contributed by atoms with E-state index in [-0.39, 0.29) is 23.8 Å². The topological polar surface area (TPSA) is 81.0 Å². The monoisotopic (exact) mass is 497 g/mol. The van der Waals surface area contributed by atoms with Crippen molar-refractivity contribution in [1.82, 2.24) is 24.4 Å². The third-order valence-corrected chi connectivity index (χ3v) is 6.60. The van der Waals surface area contributed by atoms with Crippen molar-refractivity contribution in [3.05, 3.63) is 82.0 Å². The maximum absolute atomic E-state index is 13.3. The van der Waals surface area contributed by atoms with E-state index in [2.05, 4.69) is 28.8 Å². The van der Waals surface area contributed by atoms with Gasteiger partial charge in [-0.3, -0.25) is 9.59 Å². The summed E-state index contributed by atoms with van der Waals surface area (Å²) in [6.07, 6.45) is 10.7. The molecule has 1 amide bonds. The predicted octanol–water partition coefficient (Wildman–Crippen LogP) is 4.48. The van der Waals surface area contributed by atoms with Crippen molar-refractivity contribution < 1.29 is 9.18 Å². The third kappa shape index (κ3) is 8.28. The molecule has 7 nitrogen and oxygen atoms in total. The van der Waals surface area contributed by atoms with Crippen LogP contribution in [0.4, 0.5) is 4.39 Å². The Hall–Kier alpha value is -3.07. The molecule has 186 valence electrons. The van der Waals surface area contributed by atoms with Crippen LogP contribution in [-0.4, -0.2) is 43.4 Å². The lowest BCUT2D eigenvalue weighted by Crippen LogP contribution is -2.36. The summed E-state index contributed by atoms with van der Waals surface area (Å²) in [6, 6.07) is 6.22. The minimum absolute atomic E-state index is 0.00924. The Bertz CT molecular complexity index is 1130. The molecule has 0 aliphatic carbocycles. The van der Waals surface area contributed by atoms with Crippen LogP contribution in [0.5, 0.6) is 0 Å². The molecule has 3 rings (SSSR count). The van der Waals surface area contributed by atoms with Gasteiger partial charge in [0.2, 0.25) is 5.91 Å². The summed E-state index contributed by atoms with van der Waals surface area (Å²) < 4.78 is 15.0. The number of thioether (sulfide) groups is 1. The Kier molecular flexibility index (Phi) is 10.4. The van der Waals surface area contributed by atoms with E-state index in [0.717, 1.165) is 49.9 Å². The van der Waals surface area contributed by atoms with Crippen molar-refractivity contribution >= 4 is 17.7 Å². The molecule has 0 unspecified atom stereocenters. The summed E-state index contributed by atoms with van der Waals surface area (Å²) in [7, 11) is 0. The van der Waals surface area contributed by atoms with Crippen LogP contribution in [0.2, 0.25) is 0 Å². The van der Waals surface area contributed by atoms with Gasteiger partial charge in [0.05, 0.1) is 0 Å². The second-order valence-electron chi connectivity index (χ2n) is 8.41. The third-order valence-electron chi connectivity index (χ3n) is 5.54. The van der Waals surface area contributed by atoms with E-state index in [1.807, 2.05) is 4.90 Å². The molecule has 0 saturated carbocycles. The first kappa shape index (κ1) is 26.5. The molecule has 3 aromatic rings. The van der Waals surface area contributed by atoms with Gasteiger partial charge in [0.25, 0.3) is 5.56 Å². The summed E-state index contributed by atoms with van der Waals surface area (Å²) in [6.45, 7) is 5.75. The maximum atomic E-state index is 13.3. The van der Waals surface area contributed by atoms with Gasteiger partial charge in [0.15, 0.2) is 5.16 Å². The number of rotatable bonds is 13. The minimum atomic E-state index is -0.340. The van der Waals surface area contributed by atoms with Crippen molar-refractivity contribution in [3.8, 4) is 0 Å². The van der Waals surface area contributed by atoms with E-state index < -0.39 is 0 Å². The lowest BCUT2D eigenvalue weighted by atomic mass is 10.1. The Morgan fingerprint density at radius 2 is 1.69 bits per heavy atom. The number of carbonyl (C=O) groups excluding carboxylic acids is 1. The highest BCUT2D eigenvalue weighted by Crippen LogP contribution is 2.21. The molecule has 0 spiro atoms. The lowest BCUT2D eigenvalue weighted by Gasteiger charge is -2.24. The Labute approximate surface area is 209 Å². The zero-order valence-electron chi connectivity index (χ0n) is 20.3. The van der Waals surface area contributed by atoms with Crippen molar-refractivity contribution in [2.24, 2.45) is 0 Å². The average molecular weight is 498 g/mol. The molecule has 9 heteroatoms. The number of halogens is 1. The molecule has 0 saturated heterocycles. The van der Waals surface area contributed by atoms with E-state index in [1.165, 1.54) is 30.2 Å². The first-order chi connectivity index (χ1) is 17.0. The molecule has 0 aliphatic heterocycles. The first-order valence-electron chi connectivity index (χ1n) is 12.0. The van der Waals surface area contributed by atoms with Gasteiger partial charge in [-0.05, 0) is 36.1 Å². The zero-order chi connectivity index (χ0) is 25.0. The highest BCUT2D eigenvalue weighted by molar-refractivity contribution is 7.98. The smallest absolute Gasteiger partial charge is 0.277 e. The van der Waals surface area contributed by atoms with Gasteiger partial charge in [-0.15, -0.1) is 0 Å². The number of hydrogen-bond donors (Lipinski definition) is 0. The van der Waals surface area contributed by atoms with Crippen LogP contribution in [0.15, 0.2) is 59.1 Å². The zero-order valence-corrected chi connectivity index (χ0v) is 21.1. The van der Waals surface area contributed by atoms with E-state index in [9.17, 15) is 14.0 Å². The SMILES string of the molecule is CCCCN(CCCC)C(=O)Cn1cc(Cc2cncnc2)c(=O)nc1SCc1ccc(F)cc1. The average Bonchev–Trinajstić information content (AvgIpc) is 2.86. The maximum Gasteiger partial charge on any atom is 0.277 e. The van der Waals surface area contributed by atoms with E-state index >= 15 is 0 Å². The molecule has 0 bridgehead atoms. The summed E-state index contributed by atoms with van der Waals surface area (Å²) in [5, 5.41) is 0.465. The molecule has 1 aromatic carbocycles. The molecular weight excluding hydrogens is 465 g/mol. The Balaban J connectivity index is 1.87. The number of carbonyl (C=O) groups is 1. The van der Waals surface area contributed by atoms with Crippen LogP contribution in [-0.2, 0) is 23.5 Å². The van der Waals surface area contributed by atoms with Gasteiger partial charge in [-0.25, -0.2) is 14.4 Å².